The van der Waals surface area contributed by atoms with Crippen LogP contribution in [0.3, 0.4) is 0 Å². The molecule has 0 radical (unpaired) electrons. The van der Waals surface area contributed by atoms with Crippen molar-refractivity contribution in [3.05, 3.63) is 0 Å². The van der Waals surface area contributed by atoms with E-state index in [2.05, 4.69) is 15.6 Å². The van der Waals surface area contributed by atoms with E-state index < -0.39 is 0 Å². The highest BCUT2D eigenvalue weighted by atomic mass is 16.6. The molecule has 0 aromatic rings. The van der Waals surface area contributed by atoms with Crippen molar-refractivity contribution in [2.75, 3.05) is 7.11 Å². The van der Waals surface area contributed by atoms with Gasteiger partial charge in [-0.2, -0.15) is 0 Å². The number of aliphatic hydroxyl groups excluding tert-OH is 1. The van der Waals surface area contributed by atoms with E-state index in [1.54, 1.807) is 0 Å². The van der Waals surface area contributed by atoms with E-state index in [1.165, 1.54) is 7.11 Å². The van der Waals surface area contributed by atoms with Gasteiger partial charge in [0.25, 0.3) is 0 Å². The first-order valence-corrected chi connectivity index (χ1v) is 4.00. The largest absolute Gasteiger partial charge is 0.393 e. The minimum absolute atomic E-state index is 0.0788. The number of hydrogen-bond donors (Lipinski definition) is 3. The van der Waals surface area contributed by atoms with Crippen LogP contribution in [0.4, 0.5) is 4.79 Å². The fourth-order valence-electron chi connectivity index (χ4n) is 1.40. The molecule has 2 amide bonds. The summed E-state index contributed by atoms with van der Waals surface area (Å²) in [5, 5.41) is 11.8. The van der Waals surface area contributed by atoms with Gasteiger partial charge in [0.05, 0.1) is 13.2 Å². The second-order valence-electron chi connectivity index (χ2n) is 2.94. The van der Waals surface area contributed by atoms with Crippen molar-refractivity contribution in [1.29, 1.82) is 0 Å². The summed E-state index contributed by atoms with van der Waals surface area (Å²) in [5.74, 6) is 0. The third kappa shape index (κ3) is 2.67. The maximum absolute atomic E-state index is 10.9. The molecule has 2 atom stereocenters. The number of hydroxylamine groups is 1. The zero-order chi connectivity index (χ0) is 8.97. The van der Waals surface area contributed by atoms with E-state index in [0.29, 0.717) is 6.42 Å². The molecule has 0 saturated heterocycles. The number of amides is 2. The minimum Gasteiger partial charge on any atom is -0.393 e. The van der Waals surface area contributed by atoms with Crippen molar-refractivity contribution in [2.45, 2.75) is 31.4 Å². The third-order valence-electron chi connectivity index (χ3n) is 1.93. The Labute approximate surface area is 71.0 Å². The maximum atomic E-state index is 10.9. The van der Waals surface area contributed by atoms with Gasteiger partial charge in [-0.15, -0.1) is 0 Å². The molecule has 5 heteroatoms. The average molecular weight is 174 g/mol. The molecule has 0 aliphatic heterocycles. The number of aliphatic hydroxyl groups is 1. The first-order valence-electron chi connectivity index (χ1n) is 4.00. The number of hydrogen-bond acceptors (Lipinski definition) is 3. The predicted octanol–water partition coefficient (Wildman–Crippen LogP) is -0.240. The molecule has 1 fully saturated rings. The number of rotatable bonds is 2. The van der Waals surface area contributed by atoms with Crippen LogP contribution < -0.4 is 10.8 Å². The van der Waals surface area contributed by atoms with Crippen molar-refractivity contribution in [2.24, 2.45) is 0 Å². The summed E-state index contributed by atoms with van der Waals surface area (Å²) in [6, 6.07) is -0.272. The summed E-state index contributed by atoms with van der Waals surface area (Å²) in [6.07, 6.45) is 1.96. The van der Waals surface area contributed by atoms with E-state index in [1.807, 2.05) is 0 Å². The Balaban J connectivity index is 2.18. The highest BCUT2D eigenvalue weighted by Crippen LogP contribution is 2.18. The summed E-state index contributed by atoms with van der Waals surface area (Å²) in [7, 11) is 1.38. The van der Waals surface area contributed by atoms with Crippen LogP contribution in [0.5, 0.6) is 0 Å². The van der Waals surface area contributed by atoms with Crippen LogP contribution in [0.25, 0.3) is 0 Å². The summed E-state index contributed by atoms with van der Waals surface area (Å²) in [6.45, 7) is 0. The lowest BCUT2D eigenvalue weighted by Crippen LogP contribution is -2.40. The lowest BCUT2D eigenvalue weighted by atomic mass is 10.2. The zero-order valence-electron chi connectivity index (χ0n) is 7.04. The second kappa shape index (κ2) is 4.27. The van der Waals surface area contributed by atoms with Gasteiger partial charge in [-0.05, 0) is 19.3 Å². The molecular formula is C7H14N2O3. The lowest BCUT2D eigenvalue weighted by molar-refractivity contribution is 0.105. The van der Waals surface area contributed by atoms with E-state index in [9.17, 15) is 4.79 Å². The SMILES string of the molecule is CONC(=O)N[C@H]1CC[C@@H](O)C1. The lowest BCUT2D eigenvalue weighted by Gasteiger charge is -2.11. The quantitative estimate of drug-likeness (QED) is 0.506. The molecule has 12 heavy (non-hydrogen) atoms. The van der Waals surface area contributed by atoms with Gasteiger partial charge in [0.15, 0.2) is 0 Å². The van der Waals surface area contributed by atoms with Gasteiger partial charge < -0.3 is 10.4 Å². The summed E-state index contributed by atoms with van der Waals surface area (Å²) in [5.41, 5.74) is 2.16. The van der Waals surface area contributed by atoms with Crippen LogP contribution in [0, 0.1) is 0 Å². The Bertz CT molecular complexity index is 163. The number of carbonyl (C=O) groups excluding carboxylic acids is 1. The summed E-state index contributed by atoms with van der Waals surface area (Å²) in [4.78, 5) is 15.3. The normalized spacial score (nSPS) is 28.5. The van der Waals surface area contributed by atoms with Crippen molar-refractivity contribution in [1.82, 2.24) is 10.8 Å². The van der Waals surface area contributed by atoms with Crippen LogP contribution in [-0.4, -0.2) is 30.4 Å². The van der Waals surface area contributed by atoms with E-state index >= 15 is 0 Å². The van der Waals surface area contributed by atoms with Gasteiger partial charge in [0, 0.05) is 6.04 Å². The van der Waals surface area contributed by atoms with Gasteiger partial charge in [-0.3, -0.25) is 4.84 Å². The van der Waals surface area contributed by atoms with Crippen molar-refractivity contribution in [3.8, 4) is 0 Å². The van der Waals surface area contributed by atoms with Crippen LogP contribution >= 0.6 is 0 Å². The number of urea groups is 1. The first kappa shape index (κ1) is 9.28. The zero-order valence-corrected chi connectivity index (χ0v) is 7.04. The molecule has 1 rings (SSSR count). The molecule has 5 nitrogen and oxygen atoms in total. The molecule has 0 aromatic heterocycles. The topological polar surface area (TPSA) is 70.6 Å². The van der Waals surface area contributed by atoms with Gasteiger partial charge in [0.2, 0.25) is 0 Å². The molecule has 0 spiro atoms. The Morgan fingerprint density at radius 2 is 2.33 bits per heavy atom. The van der Waals surface area contributed by atoms with Crippen LogP contribution in [-0.2, 0) is 4.84 Å². The Morgan fingerprint density at radius 1 is 1.58 bits per heavy atom. The molecule has 0 heterocycles. The molecule has 1 aliphatic carbocycles. The van der Waals surface area contributed by atoms with Gasteiger partial charge in [-0.25, -0.2) is 10.3 Å². The third-order valence-corrected chi connectivity index (χ3v) is 1.93. The molecular weight excluding hydrogens is 160 g/mol. The minimum atomic E-state index is -0.350. The van der Waals surface area contributed by atoms with Crippen molar-refractivity contribution in [3.63, 3.8) is 0 Å². The summed E-state index contributed by atoms with van der Waals surface area (Å²) < 4.78 is 0. The maximum Gasteiger partial charge on any atom is 0.338 e. The highest BCUT2D eigenvalue weighted by Gasteiger charge is 2.23. The van der Waals surface area contributed by atoms with Crippen LogP contribution in [0.1, 0.15) is 19.3 Å². The average Bonchev–Trinajstić information content (AvgIpc) is 2.36. The van der Waals surface area contributed by atoms with Gasteiger partial charge in [-0.1, -0.05) is 0 Å². The molecule has 1 saturated carbocycles. The molecule has 1 aliphatic rings. The molecule has 0 aromatic carbocycles. The fraction of sp³-hybridized carbons (Fsp3) is 0.857. The molecule has 3 N–H and O–H groups in total. The summed E-state index contributed by atoms with van der Waals surface area (Å²) >= 11 is 0. The molecule has 0 bridgehead atoms. The monoisotopic (exact) mass is 174 g/mol. The van der Waals surface area contributed by atoms with E-state index in [4.69, 9.17) is 5.11 Å². The first-order chi connectivity index (χ1) is 5.72. The standard InChI is InChI=1S/C7H14N2O3/c1-12-9-7(11)8-5-2-3-6(10)4-5/h5-6,10H,2-4H2,1H3,(H2,8,9,11)/t5-,6+/m0/s1. The molecule has 70 valence electrons. The van der Waals surface area contributed by atoms with Crippen LogP contribution in [0.15, 0.2) is 0 Å². The fourth-order valence-corrected chi connectivity index (χ4v) is 1.40. The van der Waals surface area contributed by atoms with E-state index in [0.717, 1.165) is 12.8 Å². The van der Waals surface area contributed by atoms with Gasteiger partial charge >= 0.3 is 6.03 Å². The Hall–Kier alpha value is -0.810. The Morgan fingerprint density at radius 3 is 2.83 bits per heavy atom. The predicted molar refractivity (Wildman–Crippen MR) is 42.3 cm³/mol. The Kier molecular flexibility index (Phi) is 3.31. The van der Waals surface area contributed by atoms with Crippen molar-refractivity contribution < 1.29 is 14.7 Å². The highest BCUT2D eigenvalue weighted by molar-refractivity contribution is 5.73. The number of nitrogens with one attached hydrogen (secondary N) is 2. The number of carbonyl (C=O) groups is 1. The smallest absolute Gasteiger partial charge is 0.338 e. The van der Waals surface area contributed by atoms with Crippen LogP contribution in [0.2, 0.25) is 0 Å². The second-order valence-corrected chi connectivity index (χ2v) is 2.94. The van der Waals surface area contributed by atoms with E-state index in [-0.39, 0.29) is 18.2 Å². The van der Waals surface area contributed by atoms with Crippen molar-refractivity contribution >= 4 is 6.03 Å². The van der Waals surface area contributed by atoms with Gasteiger partial charge in [0.1, 0.15) is 0 Å². The molecule has 0 unspecified atom stereocenters.